The highest BCUT2D eigenvalue weighted by atomic mass is 16.6. The summed E-state index contributed by atoms with van der Waals surface area (Å²) in [6, 6.07) is 8.22. The molecule has 0 aliphatic carbocycles. The SMILES string of the molecule is CN1C[C@@H](NC(=O)OC(C)(C)C)[C@@H](NC(=O)OCc2ccccc2)CC1=O. The Labute approximate surface area is 159 Å². The van der Waals surface area contributed by atoms with Crippen LogP contribution >= 0.6 is 0 Å². The molecule has 1 heterocycles. The van der Waals surface area contributed by atoms with Crippen molar-refractivity contribution in [3.05, 3.63) is 35.9 Å². The minimum Gasteiger partial charge on any atom is -0.445 e. The summed E-state index contributed by atoms with van der Waals surface area (Å²) in [4.78, 5) is 37.7. The van der Waals surface area contributed by atoms with E-state index in [1.807, 2.05) is 30.3 Å². The Morgan fingerprint density at radius 2 is 1.74 bits per heavy atom. The van der Waals surface area contributed by atoms with E-state index in [1.165, 1.54) is 4.90 Å². The summed E-state index contributed by atoms with van der Waals surface area (Å²) in [5.74, 6) is -0.120. The Morgan fingerprint density at radius 1 is 1.11 bits per heavy atom. The number of likely N-dealkylation sites (N-methyl/N-ethyl adjacent to an activating group) is 1. The maximum Gasteiger partial charge on any atom is 0.408 e. The van der Waals surface area contributed by atoms with E-state index in [0.717, 1.165) is 5.56 Å². The third kappa shape index (κ3) is 6.80. The molecule has 0 aromatic heterocycles. The number of nitrogens with zero attached hydrogens (tertiary/aromatic N) is 1. The van der Waals surface area contributed by atoms with Crippen LogP contribution in [0.15, 0.2) is 30.3 Å². The standard InChI is InChI=1S/C19H27N3O5/c1-19(2,3)27-18(25)21-15-11-22(4)16(23)10-14(15)20-17(24)26-12-13-8-6-5-7-9-13/h5-9,14-15H,10-12H2,1-4H3,(H,20,24)(H,21,25)/t14-,15+/m0/s1. The van der Waals surface area contributed by atoms with Crippen molar-refractivity contribution >= 4 is 18.1 Å². The molecular weight excluding hydrogens is 350 g/mol. The number of carbonyl (C=O) groups is 3. The lowest BCUT2D eigenvalue weighted by atomic mass is 9.99. The average Bonchev–Trinajstić information content (AvgIpc) is 2.57. The van der Waals surface area contributed by atoms with E-state index < -0.39 is 29.9 Å². The minimum atomic E-state index is -0.641. The average molecular weight is 377 g/mol. The zero-order chi connectivity index (χ0) is 20.0. The van der Waals surface area contributed by atoms with Crippen LogP contribution in [0.1, 0.15) is 32.8 Å². The van der Waals surface area contributed by atoms with Crippen LogP contribution in [0.5, 0.6) is 0 Å². The smallest absolute Gasteiger partial charge is 0.408 e. The first-order valence-corrected chi connectivity index (χ1v) is 8.85. The van der Waals surface area contributed by atoms with Gasteiger partial charge in [-0.3, -0.25) is 4.79 Å². The number of carbonyl (C=O) groups excluding carboxylic acids is 3. The number of likely N-dealkylation sites (tertiary alicyclic amines) is 1. The third-order valence-electron chi connectivity index (χ3n) is 3.99. The Balaban J connectivity index is 1.94. The molecule has 1 saturated heterocycles. The lowest BCUT2D eigenvalue weighted by molar-refractivity contribution is -0.133. The second-order valence-electron chi connectivity index (χ2n) is 7.54. The molecule has 1 aliphatic rings. The second-order valence-corrected chi connectivity index (χ2v) is 7.54. The van der Waals surface area contributed by atoms with Gasteiger partial charge in [0, 0.05) is 20.0 Å². The summed E-state index contributed by atoms with van der Waals surface area (Å²) in [6.45, 7) is 5.68. The zero-order valence-electron chi connectivity index (χ0n) is 16.2. The molecular formula is C19H27N3O5. The van der Waals surface area contributed by atoms with Gasteiger partial charge in [0.1, 0.15) is 12.2 Å². The van der Waals surface area contributed by atoms with Crippen LogP contribution < -0.4 is 10.6 Å². The summed E-state index contributed by atoms with van der Waals surface area (Å²) < 4.78 is 10.5. The lowest BCUT2D eigenvalue weighted by Crippen LogP contribution is -2.61. The van der Waals surface area contributed by atoms with Crippen molar-refractivity contribution in [3.63, 3.8) is 0 Å². The lowest BCUT2D eigenvalue weighted by Gasteiger charge is -2.37. The molecule has 1 aromatic carbocycles. The van der Waals surface area contributed by atoms with Gasteiger partial charge in [0.15, 0.2) is 0 Å². The van der Waals surface area contributed by atoms with Crippen LogP contribution in [0.3, 0.4) is 0 Å². The summed E-state index contributed by atoms with van der Waals surface area (Å²) >= 11 is 0. The fourth-order valence-corrected chi connectivity index (χ4v) is 2.68. The first-order chi connectivity index (χ1) is 12.6. The largest absolute Gasteiger partial charge is 0.445 e. The van der Waals surface area contributed by atoms with Gasteiger partial charge < -0.3 is 25.0 Å². The summed E-state index contributed by atoms with van der Waals surface area (Å²) in [5.41, 5.74) is 0.216. The minimum absolute atomic E-state index is 0.0669. The molecule has 0 unspecified atom stereocenters. The van der Waals surface area contributed by atoms with Crippen molar-refractivity contribution in [2.45, 2.75) is 51.5 Å². The van der Waals surface area contributed by atoms with Crippen LogP contribution in [-0.2, 0) is 20.9 Å². The normalized spacial score (nSPS) is 20.0. The first kappa shape index (κ1) is 20.5. The van der Waals surface area contributed by atoms with Crippen LogP contribution in [0, 0.1) is 0 Å². The van der Waals surface area contributed by atoms with E-state index in [0.29, 0.717) is 0 Å². The van der Waals surface area contributed by atoms with E-state index in [4.69, 9.17) is 9.47 Å². The van der Waals surface area contributed by atoms with Crippen molar-refractivity contribution in [1.29, 1.82) is 0 Å². The molecule has 0 saturated carbocycles. The van der Waals surface area contributed by atoms with Gasteiger partial charge in [-0.25, -0.2) is 9.59 Å². The topological polar surface area (TPSA) is 97.0 Å². The van der Waals surface area contributed by atoms with Crippen molar-refractivity contribution < 1.29 is 23.9 Å². The number of ether oxygens (including phenoxy) is 2. The van der Waals surface area contributed by atoms with Crippen LogP contribution in [-0.4, -0.2) is 54.3 Å². The number of benzene rings is 1. The number of hydrogen-bond acceptors (Lipinski definition) is 5. The van der Waals surface area contributed by atoms with Gasteiger partial charge in [0.2, 0.25) is 5.91 Å². The molecule has 1 fully saturated rings. The predicted octanol–water partition coefficient (Wildman–Crippen LogP) is 2.04. The summed E-state index contributed by atoms with van der Waals surface area (Å²) in [5, 5.41) is 5.41. The summed E-state index contributed by atoms with van der Waals surface area (Å²) in [6.07, 6.45) is -1.17. The monoisotopic (exact) mass is 377 g/mol. The third-order valence-corrected chi connectivity index (χ3v) is 3.99. The number of piperidine rings is 1. The van der Waals surface area contributed by atoms with E-state index in [1.54, 1.807) is 27.8 Å². The van der Waals surface area contributed by atoms with Crippen molar-refractivity contribution in [3.8, 4) is 0 Å². The number of nitrogens with one attached hydrogen (secondary N) is 2. The predicted molar refractivity (Wildman–Crippen MR) is 99.0 cm³/mol. The Morgan fingerprint density at radius 3 is 2.37 bits per heavy atom. The van der Waals surface area contributed by atoms with Crippen LogP contribution in [0.4, 0.5) is 9.59 Å². The van der Waals surface area contributed by atoms with Crippen molar-refractivity contribution in [2.24, 2.45) is 0 Å². The number of hydrogen-bond donors (Lipinski definition) is 2. The molecule has 2 rings (SSSR count). The number of rotatable bonds is 4. The Kier molecular flexibility index (Phi) is 6.65. The molecule has 2 atom stereocenters. The number of alkyl carbamates (subject to hydrolysis) is 2. The summed E-state index contributed by atoms with van der Waals surface area (Å²) in [7, 11) is 1.65. The van der Waals surface area contributed by atoms with Gasteiger partial charge in [-0.1, -0.05) is 30.3 Å². The first-order valence-electron chi connectivity index (χ1n) is 8.85. The highest BCUT2D eigenvalue weighted by Crippen LogP contribution is 2.14. The molecule has 27 heavy (non-hydrogen) atoms. The van der Waals surface area contributed by atoms with E-state index in [9.17, 15) is 14.4 Å². The van der Waals surface area contributed by atoms with E-state index in [-0.39, 0.29) is 25.5 Å². The number of amides is 3. The second kappa shape index (κ2) is 8.75. The van der Waals surface area contributed by atoms with Gasteiger partial charge in [-0.2, -0.15) is 0 Å². The Bertz CT molecular complexity index is 672. The highest BCUT2D eigenvalue weighted by Gasteiger charge is 2.35. The van der Waals surface area contributed by atoms with Gasteiger partial charge in [0.05, 0.1) is 12.1 Å². The molecule has 1 aliphatic heterocycles. The molecule has 0 radical (unpaired) electrons. The quantitative estimate of drug-likeness (QED) is 0.837. The Hall–Kier alpha value is -2.77. The highest BCUT2D eigenvalue weighted by molar-refractivity contribution is 5.79. The fourth-order valence-electron chi connectivity index (χ4n) is 2.68. The fraction of sp³-hybridized carbons (Fsp3) is 0.526. The molecule has 0 bridgehead atoms. The van der Waals surface area contributed by atoms with Crippen molar-refractivity contribution in [1.82, 2.24) is 15.5 Å². The van der Waals surface area contributed by atoms with Crippen LogP contribution in [0.25, 0.3) is 0 Å². The van der Waals surface area contributed by atoms with Gasteiger partial charge in [-0.05, 0) is 26.3 Å². The molecule has 148 valence electrons. The molecule has 2 N–H and O–H groups in total. The van der Waals surface area contributed by atoms with Gasteiger partial charge >= 0.3 is 12.2 Å². The molecule has 1 aromatic rings. The van der Waals surface area contributed by atoms with E-state index >= 15 is 0 Å². The maximum atomic E-state index is 12.1. The molecule has 8 heteroatoms. The molecule has 8 nitrogen and oxygen atoms in total. The van der Waals surface area contributed by atoms with Gasteiger partial charge in [-0.15, -0.1) is 0 Å². The molecule has 0 spiro atoms. The van der Waals surface area contributed by atoms with Crippen molar-refractivity contribution in [2.75, 3.05) is 13.6 Å². The zero-order valence-corrected chi connectivity index (χ0v) is 16.2. The maximum absolute atomic E-state index is 12.1. The van der Waals surface area contributed by atoms with E-state index in [2.05, 4.69) is 10.6 Å². The van der Waals surface area contributed by atoms with Gasteiger partial charge in [0.25, 0.3) is 0 Å². The molecule has 3 amide bonds. The van der Waals surface area contributed by atoms with Crippen LogP contribution in [0.2, 0.25) is 0 Å².